The molecule has 1 atom stereocenters. The Hall–Kier alpha value is -0.660. The summed E-state index contributed by atoms with van der Waals surface area (Å²) in [6.45, 7) is 0. The number of benzene rings is 1. The lowest BCUT2D eigenvalue weighted by Crippen LogP contribution is -2.09. The molecule has 0 bridgehead atoms. The molecule has 0 radical (unpaired) electrons. The van der Waals surface area contributed by atoms with Crippen molar-refractivity contribution in [3.8, 4) is 0 Å². The summed E-state index contributed by atoms with van der Waals surface area (Å²) in [6.07, 6.45) is 0. The average Bonchev–Trinajstić information content (AvgIpc) is 2.81. The summed E-state index contributed by atoms with van der Waals surface area (Å²) >= 11 is 9.96. The molecular weight excluding hydrogens is 375 g/mol. The third-order valence-electron chi connectivity index (χ3n) is 2.34. The summed E-state index contributed by atoms with van der Waals surface area (Å²) in [5.41, 5.74) is -1.05. The fourth-order valence-electron chi connectivity index (χ4n) is 1.45. The molecule has 1 aromatic heterocycles. The van der Waals surface area contributed by atoms with Crippen LogP contribution in [0, 0.1) is 29.1 Å². The summed E-state index contributed by atoms with van der Waals surface area (Å²) in [5.74, 6) is -10.0. The van der Waals surface area contributed by atoms with Crippen LogP contribution in [0.2, 0.25) is 0 Å². The van der Waals surface area contributed by atoms with Crippen molar-refractivity contribution in [2.24, 2.45) is 0 Å². The van der Waals surface area contributed by atoms with Gasteiger partial charge < -0.3 is 0 Å². The summed E-state index contributed by atoms with van der Waals surface area (Å²) in [7, 11) is 0. The lowest BCUT2D eigenvalue weighted by Gasteiger charge is -2.12. The molecule has 102 valence electrons. The van der Waals surface area contributed by atoms with Crippen molar-refractivity contribution in [2.75, 3.05) is 0 Å². The Morgan fingerprint density at radius 1 is 0.895 bits per heavy atom. The topological polar surface area (TPSA) is 0 Å². The molecule has 0 fully saturated rings. The minimum Gasteiger partial charge on any atom is -0.203 e. The van der Waals surface area contributed by atoms with Crippen molar-refractivity contribution in [1.29, 1.82) is 0 Å². The van der Waals surface area contributed by atoms with Gasteiger partial charge in [-0.3, -0.25) is 0 Å². The van der Waals surface area contributed by atoms with Crippen LogP contribution in [0.15, 0.2) is 15.9 Å². The van der Waals surface area contributed by atoms with Gasteiger partial charge in [0.05, 0.1) is 14.7 Å². The SMILES string of the molecule is Fc1c(F)c(F)c(C(Cl)c2ccc(Br)s2)c(F)c1F. The van der Waals surface area contributed by atoms with E-state index in [1.165, 1.54) is 6.07 Å². The second-order valence-corrected chi connectivity index (χ2v) is 6.42. The third kappa shape index (κ3) is 2.51. The van der Waals surface area contributed by atoms with E-state index < -0.39 is 40.0 Å². The van der Waals surface area contributed by atoms with Crippen LogP contribution < -0.4 is 0 Å². The van der Waals surface area contributed by atoms with Crippen LogP contribution in [0.3, 0.4) is 0 Å². The fourth-order valence-corrected chi connectivity index (χ4v) is 3.26. The van der Waals surface area contributed by atoms with E-state index in [4.69, 9.17) is 11.6 Å². The van der Waals surface area contributed by atoms with Crippen molar-refractivity contribution in [3.63, 3.8) is 0 Å². The van der Waals surface area contributed by atoms with Gasteiger partial charge in [-0.25, -0.2) is 22.0 Å². The Morgan fingerprint density at radius 2 is 1.37 bits per heavy atom. The number of thiophene rings is 1. The van der Waals surface area contributed by atoms with Crippen LogP contribution in [-0.2, 0) is 0 Å². The maximum atomic E-state index is 13.5. The minimum absolute atomic E-state index is 0.261. The standard InChI is InChI=1S/C11H3BrClF5S/c12-4-2-1-3(19-4)6(13)5-7(14)9(16)11(18)10(17)8(5)15/h1-2,6H. The first kappa shape index (κ1) is 14.7. The largest absolute Gasteiger partial charge is 0.203 e. The van der Waals surface area contributed by atoms with Crippen molar-refractivity contribution < 1.29 is 22.0 Å². The zero-order chi connectivity index (χ0) is 14.3. The second kappa shape index (κ2) is 5.38. The van der Waals surface area contributed by atoms with Gasteiger partial charge in [0.2, 0.25) is 5.82 Å². The molecule has 0 aliphatic rings. The number of halogens is 7. The summed E-state index contributed by atoms with van der Waals surface area (Å²) in [5, 5.41) is -1.46. The zero-order valence-electron chi connectivity index (χ0n) is 8.79. The zero-order valence-corrected chi connectivity index (χ0v) is 11.9. The van der Waals surface area contributed by atoms with E-state index in [2.05, 4.69) is 15.9 Å². The molecule has 1 unspecified atom stereocenters. The van der Waals surface area contributed by atoms with Gasteiger partial charge in [-0.2, -0.15) is 0 Å². The summed E-state index contributed by atoms with van der Waals surface area (Å²) in [4.78, 5) is 0.261. The predicted molar refractivity (Wildman–Crippen MR) is 65.9 cm³/mol. The molecule has 2 aromatic rings. The van der Waals surface area contributed by atoms with Crippen molar-refractivity contribution in [3.05, 3.63) is 55.4 Å². The van der Waals surface area contributed by atoms with E-state index >= 15 is 0 Å². The van der Waals surface area contributed by atoms with E-state index in [1.54, 1.807) is 6.07 Å². The van der Waals surface area contributed by atoms with E-state index in [0.717, 1.165) is 11.3 Å². The first-order chi connectivity index (χ1) is 8.84. The smallest absolute Gasteiger partial charge is 0.200 e. The van der Waals surface area contributed by atoms with Crippen LogP contribution in [0.1, 0.15) is 15.8 Å². The van der Waals surface area contributed by atoms with Gasteiger partial charge in [0, 0.05) is 4.88 Å². The van der Waals surface area contributed by atoms with E-state index in [0.29, 0.717) is 3.79 Å². The van der Waals surface area contributed by atoms with Crippen LogP contribution >= 0.6 is 38.9 Å². The van der Waals surface area contributed by atoms with Gasteiger partial charge in [-0.15, -0.1) is 22.9 Å². The molecular formula is C11H3BrClF5S. The van der Waals surface area contributed by atoms with E-state index in [9.17, 15) is 22.0 Å². The monoisotopic (exact) mass is 376 g/mol. The highest BCUT2D eigenvalue weighted by atomic mass is 79.9. The minimum atomic E-state index is -2.20. The molecule has 1 aromatic carbocycles. The van der Waals surface area contributed by atoms with Gasteiger partial charge in [0.15, 0.2) is 23.3 Å². The van der Waals surface area contributed by atoms with Gasteiger partial charge in [0.25, 0.3) is 0 Å². The molecule has 0 aliphatic carbocycles. The van der Waals surface area contributed by atoms with Crippen molar-refractivity contribution in [1.82, 2.24) is 0 Å². The van der Waals surface area contributed by atoms with Crippen LogP contribution in [0.25, 0.3) is 0 Å². The number of rotatable bonds is 2. The highest BCUT2D eigenvalue weighted by molar-refractivity contribution is 9.11. The Kier molecular flexibility index (Phi) is 4.17. The van der Waals surface area contributed by atoms with Crippen LogP contribution in [0.5, 0.6) is 0 Å². The van der Waals surface area contributed by atoms with Gasteiger partial charge in [-0.1, -0.05) is 0 Å². The normalized spacial score (nSPS) is 12.8. The van der Waals surface area contributed by atoms with Gasteiger partial charge in [0.1, 0.15) is 0 Å². The first-order valence-electron chi connectivity index (χ1n) is 4.75. The van der Waals surface area contributed by atoms with E-state index in [1.807, 2.05) is 0 Å². The highest BCUT2D eigenvalue weighted by Crippen LogP contribution is 2.39. The molecule has 1 heterocycles. The van der Waals surface area contributed by atoms with Crippen LogP contribution in [0.4, 0.5) is 22.0 Å². The van der Waals surface area contributed by atoms with Crippen molar-refractivity contribution in [2.45, 2.75) is 5.38 Å². The van der Waals surface area contributed by atoms with Crippen LogP contribution in [-0.4, -0.2) is 0 Å². The average molecular weight is 378 g/mol. The van der Waals surface area contributed by atoms with Gasteiger partial charge >= 0.3 is 0 Å². The Balaban J connectivity index is 2.63. The lowest BCUT2D eigenvalue weighted by molar-refractivity contribution is 0.371. The summed E-state index contributed by atoms with van der Waals surface area (Å²) in [6, 6.07) is 2.99. The number of hydrogen-bond donors (Lipinski definition) is 0. The molecule has 2 rings (SSSR count). The molecule has 0 saturated heterocycles. The maximum absolute atomic E-state index is 13.5. The Bertz CT molecular complexity index is 613. The Labute approximate surface area is 121 Å². The van der Waals surface area contributed by atoms with Crippen molar-refractivity contribution >= 4 is 38.9 Å². The molecule has 0 nitrogen and oxygen atoms in total. The summed E-state index contributed by atoms with van der Waals surface area (Å²) < 4.78 is 66.7. The lowest BCUT2D eigenvalue weighted by atomic mass is 10.1. The predicted octanol–water partition coefficient (Wildman–Crippen LogP) is 5.53. The quantitative estimate of drug-likeness (QED) is 0.279. The molecule has 0 amide bonds. The van der Waals surface area contributed by atoms with E-state index in [-0.39, 0.29) is 4.88 Å². The molecule has 0 saturated carbocycles. The number of alkyl halides is 1. The fraction of sp³-hybridized carbons (Fsp3) is 0.0909. The Morgan fingerprint density at radius 3 is 1.79 bits per heavy atom. The molecule has 8 heteroatoms. The molecule has 0 N–H and O–H groups in total. The van der Waals surface area contributed by atoms with Gasteiger partial charge in [-0.05, 0) is 28.1 Å². The molecule has 19 heavy (non-hydrogen) atoms. The first-order valence-corrected chi connectivity index (χ1v) is 6.79. The third-order valence-corrected chi connectivity index (χ3v) is 4.61. The second-order valence-electron chi connectivity index (χ2n) is 3.49. The highest BCUT2D eigenvalue weighted by Gasteiger charge is 2.30. The number of hydrogen-bond acceptors (Lipinski definition) is 1. The molecule has 0 spiro atoms. The molecule has 0 aliphatic heterocycles. The maximum Gasteiger partial charge on any atom is 0.200 e.